The Morgan fingerprint density at radius 1 is 1.19 bits per heavy atom. The van der Waals surface area contributed by atoms with Gasteiger partial charge >= 0.3 is 0 Å². The molecule has 1 aliphatic heterocycles. The third-order valence-corrected chi connectivity index (χ3v) is 2.87. The molecule has 2 aromatic rings. The summed E-state index contributed by atoms with van der Waals surface area (Å²) in [6.07, 6.45) is 6.20. The molecule has 1 aromatic heterocycles. The molecule has 0 saturated carbocycles. The van der Waals surface area contributed by atoms with Gasteiger partial charge in [0.2, 0.25) is 0 Å². The van der Waals surface area contributed by atoms with Gasteiger partial charge in [-0.2, -0.15) is 0 Å². The maximum Gasteiger partial charge on any atom is 0.0888 e. The highest BCUT2D eigenvalue weighted by Crippen LogP contribution is 2.27. The van der Waals surface area contributed by atoms with Crippen molar-refractivity contribution < 1.29 is 4.74 Å². The Balaban J connectivity index is 2.14. The van der Waals surface area contributed by atoms with E-state index in [1.807, 2.05) is 6.20 Å². The molecule has 3 rings (SSSR count). The number of rotatable bonds is 1. The third-order valence-electron chi connectivity index (χ3n) is 2.87. The van der Waals surface area contributed by atoms with Crippen molar-refractivity contribution >= 4 is 0 Å². The van der Waals surface area contributed by atoms with Gasteiger partial charge in [-0.05, 0) is 17.5 Å². The molecule has 0 atom stereocenters. The van der Waals surface area contributed by atoms with Gasteiger partial charge in [0.25, 0.3) is 0 Å². The van der Waals surface area contributed by atoms with Crippen LogP contribution in [0, 0.1) is 0 Å². The van der Waals surface area contributed by atoms with E-state index in [0.29, 0.717) is 6.61 Å². The SMILES string of the molecule is c1cc2c(c(-c3cnccn3)c1)CCOC2. The second-order valence-corrected chi connectivity index (χ2v) is 3.84. The van der Waals surface area contributed by atoms with Crippen LogP contribution in [0.2, 0.25) is 0 Å². The fourth-order valence-electron chi connectivity index (χ4n) is 2.10. The monoisotopic (exact) mass is 212 g/mol. The molecule has 80 valence electrons. The van der Waals surface area contributed by atoms with Crippen LogP contribution in [0.3, 0.4) is 0 Å². The van der Waals surface area contributed by atoms with E-state index >= 15 is 0 Å². The molecule has 0 bridgehead atoms. The lowest BCUT2D eigenvalue weighted by molar-refractivity contribution is 0.111. The first-order valence-corrected chi connectivity index (χ1v) is 5.40. The average molecular weight is 212 g/mol. The standard InChI is InChI=1S/C13H12N2O/c1-2-10-9-16-7-4-11(10)12(3-1)13-8-14-5-6-15-13/h1-3,5-6,8H,4,7,9H2. The summed E-state index contributed by atoms with van der Waals surface area (Å²) in [5.41, 5.74) is 4.76. The minimum atomic E-state index is 0.712. The van der Waals surface area contributed by atoms with Crippen molar-refractivity contribution in [3.63, 3.8) is 0 Å². The van der Waals surface area contributed by atoms with Crippen molar-refractivity contribution in [2.24, 2.45) is 0 Å². The second kappa shape index (κ2) is 4.02. The van der Waals surface area contributed by atoms with Crippen LogP contribution in [0.4, 0.5) is 0 Å². The quantitative estimate of drug-likeness (QED) is 0.727. The van der Waals surface area contributed by atoms with Crippen molar-refractivity contribution in [1.82, 2.24) is 9.97 Å². The Labute approximate surface area is 94.1 Å². The Kier molecular flexibility index (Phi) is 2.38. The fourth-order valence-corrected chi connectivity index (χ4v) is 2.10. The molecule has 2 heterocycles. The zero-order chi connectivity index (χ0) is 10.8. The molecule has 0 fully saturated rings. The maximum atomic E-state index is 5.45. The highest BCUT2D eigenvalue weighted by molar-refractivity contribution is 5.64. The molecule has 3 nitrogen and oxygen atoms in total. The normalized spacial score (nSPS) is 14.5. The molecule has 16 heavy (non-hydrogen) atoms. The summed E-state index contributed by atoms with van der Waals surface area (Å²) in [6, 6.07) is 6.28. The molecule has 0 unspecified atom stereocenters. The largest absolute Gasteiger partial charge is 0.376 e. The van der Waals surface area contributed by atoms with Crippen LogP contribution in [0.15, 0.2) is 36.8 Å². The van der Waals surface area contributed by atoms with E-state index < -0.39 is 0 Å². The number of aromatic nitrogens is 2. The molecule has 3 heteroatoms. The Morgan fingerprint density at radius 3 is 3.06 bits per heavy atom. The van der Waals surface area contributed by atoms with E-state index in [9.17, 15) is 0 Å². The summed E-state index contributed by atoms with van der Waals surface area (Å²) in [5.74, 6) is 0. The zero-order valence-electron chi connectivity index (χ0n) is 8.89. The van der Waals surface area contributed by atoms with Gasteiger partial charge in [0.1, 0.15) is 0 Å². The highest BCUT2D eigenvalue weighted by atomic mass is 16.5. The predicted molar refractivity (Wildman–Crippen MR) is 60.8 cm³/mol. The van der Waals surface area contributed by atoms with Gasteiger partial charge in [0.05, 0.1) is 25.1 Å². The summed E-state index contributed by atoms with van der Waals surface area (Å²) in [6.45, 7) is 1.51. The Hall–Kier alpha value is -1.74. The second-order valence-electron chi connectivity index (χ2n) is 3.84. The van der Waals surface area contributed by atoms with Gasteiger partial charge in [0, 0.05) is 18.0 Å². The number of ether oxygens (including phenoxy) is 1. The lowest BCUT2D eigenvalue weighted by Gasteiger charge is -2.19. The van der Waals surface area contributed by atoms with Crippen molar-refractivity contribution in [1.29, 1.82) is 0 Å². The maximum absolute atomic E-state index is 5.45. The van der Waals surface area contributed by atoms with Crippen LogP contribution >= 0.6 is 0 Å². The molecule has 0 aliphatic carbocycles. The van der Waals surface area contributed by atoms with Crippen molar-refractivity contribution in [2.45, 2.75) is 13.0 Å². The van der Waals surface area contributed by atoms with E-state index in [1.54, 1.807) is 12.4 Å². The summed E-state index contributed by atoms with van der Waals surface area (Å²) >= 11 is 0. The summed E-state index contributed by atoms with van der Waals surface area (Å²) in [5, 5.41) is 0. The smallest absolute Gasteiger partial charge is 0.0888 e. The topological polar surface area (TPSA) is 35.0 Å². The third kappa shape index (κ3) is 1.59. The Morgan fingerprint density at radius 2 is 2.19 bits per heavy atom. The van der Waals surface area contributed by atoms with Crippen LogP contribution in [-0.2, 0) is 17.8 Å². The number of nitrogens with zero attached hydrogens (tertiary/aromatic N) is 2. The van der Waals surface area contributed by atoms with Gasteiger partial charge in [0.15, 0.2) is 0 Å². The molecular weight excluding hydrogens is 200 g/mol. The summed E-state index contributed by atoms with van der Waals surface area (Å²) in [4.78, 5) is 8.47. The predicted octanol–water partition coefficient (Wildman–Crippen LogP) is 2.22. The minimum Gasteiger partial charge on any atom is -0.376 e. The Bertz CT molecular complexity index is 497. The fraction of sp³-hybridized carbons (Fsp3) is 0.231. The molecule has 1 aliphatic rings. The number of benzene rings is 1. The van der Waals surface area contributed by atoms with Crippen molar-refractivity contribution in [2.75, 3.05) is 6.61 Å². The molecule has 0 spiro atoms. The first-order valence-electron chi connectivity index (χ1n) is 5.40. The average Bonchev–Trinajstić information content (AvgIpc) is 2.39. The summed E-state index contributed by atoms with van der Waals surface area (Å²) in [7, 11) is 0. The van der Waals surface area contributed by atoms with Gasteiger partial charge < -0.3 is 4.74 Å². The molecule has 1 aromatic carbocycles. The van der Waals surface area contributed by atoms with Crippen molar-refractivity contribution in [3.8, 4) is 11.3 Å². The van der Waals surface area contributed by atoms with Crippen molar-refractivity contribution in [3.05, 3.63) is 47.9 Å². The van der Waals surface area contributed by atoms with E-state index in [2.05, 4.69) is 28.2 Å². The van der Waals surface area contributed by atoms with Gasteiger partial charge in [-0.1, -0.05) is 18.2 Å². The number of fused-ring (bicyclic) bond motifs is 1. The van der Waals surface area contributed by atoms with Crippen LogP contribution in [-0.4, -0.2) is 16.6 Å². The van der Waals surface area contributed by atoms with Crippen LogP contribution in [0.1, 0.15) is 11.1 Å². The van der Waals surface area contributed by atoms with Gasteiger partial charge in [-0.25, -0.2) is 0 Å². The van der Waals surface area contributed by atoms with Crippen LogP contribution in [0.5, 0.6) is 0 Å². The van der Waals surface area contributed by atoms with E-state index in [0.717, 1.165) is 18.7 Å². The lowest BCUT2D eigenvalue weighted by atomic mass is 9.95. The van der Waals surface area contributed by atoms with E-state index in [4.69, 9.17) is 4.74 Å². The highest BCUT2D eigenvalue weighted by Gasteiger charge is 2.14. The lowest BCUT2D eigenvalue weighted by Crippen LogP contribution is -2.11. The molecule has 0 saturated heterocycles. The first kappa shape index (κ1) is 9.48. The van der Waals surface area contributed by atoms with E-state index in [1.165, 1.54) is 16.7 Å². The molecule has 0 amide bonds. The van der Waals surface area contributed by atoms with Gasteiger partial charge in [-0.3, -0.25) is 9.97 Å². The first-order chi connectivity index (χ1) is 7.95. The minimum absolute atomic E-state index is 0.712. The molecular formula is C13H12N2O. The zero-order valence-corrected chi connectivity index (χ0v) is 8.89. The number of hydrogen-bond donors (Lipinski definition) is 0. The molecule has 0 radical (unpaired) electrons. The van der Waals surface area contributed by atoms with Gasteiger partial charge in [-0.15, -0.1) is 0 Å². The van der Waals surface area contributed by atoms with Crippen LogP contribution in [0.25, 0.3) is 11.3 Å². The van der Waals surface area contributed by atoms with Crippen LogP contribution < -0.4 is 0 Å². The summed E-state index contributed by atoms with van der Waals surface area (Å²) < 4.78 is 5.45. The number of hydrogen-bond acceptors (Lipinski definition) is 3. The van der Waals surface area contributed by atoms with E-state index in [-0.39, 0.29) is 0 Å². The molecule has 0 N–H and O–H groups in total.